The second kappa shape index (κ2) is 8.87. The van der Waals surface area contributed by atoms with Gasteiger partial charge in [-0.3, -0.25) is 9.78 Å². The molecule has 0 saturated carbocycles. The molecule has 1 aromatic heterocycles. The fourth-order valence-corrected chi connectivity index (χ4v) is 5.62. The topological polar surface area (TPSA) is 79.4 Å². The highest BCUT2D eigenvalue weighted by Crippen LogP contribution is 2.22. The van der Waals surface area contributed by atoms with E-state index >= 15 is 0 Å². The smallest absolute Gasteiger partial charge is 0.272 e. The van der Waals surface area contributed by atoms with Crippen LogP contribution in [0.5, 0.6) is 0 Å². The highest BCUT2D eigenvalue weighted by molar-refractivity contribution is 7.91. The summed E-state index contributed by atoms with van der Waals surface area (Å²) in [5, 5.41) is 3.38. The predicted octanol–water partition coefficient (Wildman–Crippen LogP) is 3.03. The molecule has 1 unspecified atom stereocenters. The number of rotatable bonds is 7. The quantitative estimate of drug-likeness (QED) is 0.723. The third kappa shape index (κ3) is 5.31. The molecule has 6 nitrogen and oxygen atoms in total. The molecule has 3 rings (SSSR count). The number of allylic oxidation sites excluding steroid dienone is 1. The molecule has 0 bridgehead atoms. The zero-order valence-electron chi connectivity index (χ0n) is 16.0. The number of nitrogens with zero attached hydrogens (tertiary/aromatic N) is 2. The van der Waals surface area contributed by atoms with Crippen LogP contribution in [0.4, 0.5) is 5.69 Å². The highest BCUT2D eigenvalue weighted by Gasteiger charge is 2.34. The lowest BCUT2D eigenvalue weighted by Gasteiger charge is -2.26. The van der Waals surface area contributed by atoms with E-state index in [1.807, 2.05) is 13.0 Å². The van der Waals surface area contributed by atoms with Crippen molar-refractivity contribution in [2.24, 2.45) is 0 Å². The van der Waals surface area contributed by atoms with Crippen molar-refractivity contribution >= 4 is 21.4 Å². The molecule has 7 heteroatoms. The first kappa shape index (κ1) is 19.9. The summed E-state index contributed by atoms with van der Waals surface area (Å²) in [5.74, 6) is 0.0182. The maximum absolute atomic E-state index is 12.9. The van der Waals surface area contributed by atoms with Crippen LogP contribution in [-0.2, 0) is 9.84 Å². The van der Waals surface area contributed by atoms with E-state index in [0.717, 1.165) is 18.7 Å². The fraction of sp³-hybridized carbons (Fsp3) is 0.600. The van der Waals surface area contributed by atoms with Crippen LogP contribution in [0.3, 0.4) is 0 Å². The summed E-state index contributed by atoms with van der Waals surface area (Å²) in [4.78, 5) is 18.7. The molecule has 1 aliphatic heterocycles. The van der Waals surface area contributed by atoms with E-state index in [0.29, 0.717) is 18.7 Å². The Balaban J connectivity index is 1.61. The number of nitrogens with one attached hydrogen (secondary N) is 1. The molecule has 1 N–H and O–H groups in total. The van der Waals surface area contributed by atoms with E-state index in [-0.39, 0.29) is 23.5 Å². The SMILES string of the molecule is CCN(C(=O)c1cc(NCCC2=CCCCC2)ccn1)C1CCS(=O)(=O)C1. The molecule has 1 aliphatic carbocycles. The normalized spacial score (nSPS) is 21.5. The Morgan fingerprint density at radius 2 is 2.22 bits per heavy atom. The molecule has 1 fully saturated rings. The number of carbonyl (C=O) groups excluding carboxylic acids is 1. The van der Waals surface area contributed by atoms with E-state index < -0.39 is 9.84 Å². The number of amides is 1. The number of sulfone groups is 1. The van der Waals surface area contributed by atoms with Gasteiger partial charge in [0, 0.05) is 31.0 Å². The maximum Gasteiger partial charge on any atom is 0.272 e. The summed E-state index contributed by atoms with van der Waals surface area (Å²) in [6.45, 7) is 3.19. The first-order chi connectivity index (χ1) is 13.0. The average Bonchev–Trinajstić information content (AvgIpc) is 3.03. The molecule has 0 radical (unpaired) electrons. The number of carbonyl (C=O) groups is 1. The van der Waals surface area contributed by atoms with Gasteiger partial charge in [-0.25, -0.2) is 8.42 Å². The summed E-state index contributed by atoms with van der Waals surface area (Å²) in [5.41, 5.74) is 2.75. The lowest BCUT2D eigenvalue weighted by Crippen LogP contribution is -2.41. The lowest BCUT2D eigenvalue weighted by atomic mass is 9.97. The molecule has 2 aliphatic rings. The number of hydrogen-bond donors (Lipinski definition) is 1. The number of aromatic nitrogens is 1. The van der Waals surface area contributed by atoms with Crippen molar-refractivity contribution in [1.29, 1.82) is 0 Å². The van der Waals surface area contributed by atoms with Gasteiger partial charge in [-0.1, -0.05) is 11.6 Å². The van der Waals surface area contributed by atoms with Crippen molar-refractivity contribution in [1.82, 2.24) is 9.88 Å². The van der Waals surface area contributed by atoms with Crippen molar-refractivity contribution in [3.63, 3.8) is 0 Å². The van der Waals surface area contributed by atoms with Gasteiger partial charge >= 0.3 is 0 Å². The largest absolute Gasteiger partial charge is 0.385 e. The summed E-state index contributed by atoms with van der Waals surface area (Å²) < 4.78 is 23.5. The molecule has 2 heterocycles. The molecular weight excluding hydrogens is 362 g/mol. The molecular formula is C20H29N3O3S. The van der Waals surface area contributed by atoms with Crippen molar-refractivity contribution in [3.05, 3.63) is 35.7 Å². The molecule has 148 valence electrons. The Bertz CT molecular complexity index is 804. The Kier molecular flexibility index (Phi) is 6.52. The van der Waals surface area contributed by atoms with E-state index in [1.54, 1.807) is 17.2 Å². The van der Waals surface area contributed by atoms with Gasteiger partial charge in [0.05, 0.1) is 11.5 Å². The van der Waals surface area contributed by atoms with Crippen LogP contribution in [0.25, 0.3) is 0 Å². The average molecular weight is 392 g/mol. The van der Waals surface area contributed by atoms with Crippen LogP contribution in [0.1, 0.15) is 55.9 Å². The summed E-state index contributed by atoms with van der Waals surface area (Å²) in [6.07, 6.45) is 10.5. The van der Waals surface area contributed by atoms with Gasteiger partial charge in [-0.15, -0.1) is 0 Å². The van der Waals surface area contributed by atoms with Gasteiger partial charge in [0.2, 0.25) is 0 Å². The molecule has 27 heavy (non-hydrogen) atoms. The highest BCUT2D eigenvalue weighted by atomic mass is 32.2. The molecule has 1 atom stereocenters. The second-order valence-corrected chi connectivity index (χ2v) is 9.59. The zero-order chi connectivity index (χ0) is 19.3. The standard InChI is InChI=1S/C20H29N3O3S/c1-2-23(18-10-13-27(25,26)15-18)20(24)19-14-17(9-12-22-19)21-11-8-16-6-4-3-5-7-16/h6,9,12,14,18H,2-5,7-8,10-11,13,15H2,1H3,(H,21,22). The van der Waals surface area contributed by atoms with Gasteiger partial charge in [0.1, 0.15) is 5.69 Å². The third-order valence-corrected chi connectivity index (χ3v) is 7.14. The van der Waals surface area contributed by atoms with Crippen molar-refractivity contribution in [3.8, 4) is 0 Å². The monoisotopic (exact) mass is 391 g/mol. The van der Waals surface area contributed by atoms with E-state index in [2.05, 4.69) is 16.4 Å². The lowest BCUT2D eigenvalue weighted by molar-refractivity contribution is 0.0702. The van der Waals surface area contributed by atoms with Crippen molar-refractivity contribution in [2.75, 3.05) is 29.9 Å². The van der Waals surface area contributed by atoms with Crippen LogP contribution in [-0.4, -0.2) is 54.8 Å². The number of hydrogen-bond acceptors (Lipinski definition) is 5. The van der Waals surface area contributed by atoms with Gasteiger partial charge in [0.15, 0.2) is 9.84 Å². The summed E-state index contributed by atoms with van der Waals surface area (Å²) in [6, 6.07) is 3.38. The van der Waals surface area contributed by atoms with Crippen molar-refractivity contribution < 1.29 is 13.2 Å². The predicted molar refractivity (Wildman–Crippen MR) is 108 cm³/mol. The zero-order valence-corrected chi connectivity index (χ0v) is 16.8. The van der Waals surface area contributed by atoms with Gasteiger partial charge in [0.25, 0.3) is 5.91 Å². The minimum Gasteiger partial charge on any atom is -0.385 e. The molecule has 1 saturated heterocycles. The third-order valence-electron chi connectivity index (χ3n) is 5.39. The Hall–Kier alpha value is -1.89. The minimum absolute atomic E-state index is 0.0552. The van der Waals surface area contributed by atoms with E-state index in [9.17, 15) is 13.2 Å². The Morgan fingerprint density at radius 1 is 1.37 bits per heavy atom. The summed E-state index contributed by atoms with van der Waals surface area (Å²) >= 11 is 0. The molecule has 1 amide bonds. The summed E-state index contributed by atoms with van der Waals surface area (Å²) in [7, 11) is -3.03. The molecule has 1 aromatic rings. The Morgan fingerprint density at radius 3 is 2.89 bits per heavy atom. The van der Waals surface area contributed by atoms with Gasteiger partial charge < -0.3 is 10.2 Å². The second-order valence-electron chi connectivity index (χ2n) is 7.36. The van der Waals surface area contributed by atoms with Crippen LogP contribution in [0, 0.1) is 0 Å². The van der Waals surface area contributed by atoms with Crippen LogP contribution in [0.15, 0.2) is 30.0 Å². The molecule has 0 aromatic carbocycles. The minimum atomic E-state index is -3.03. The van der Waals surface area contributed by atoms with Crippen LogP contribution in [0.2, 0.25) is 0 Å². The van der Waals surface area contributed by atoms with E-state index in [4.69, 9.17) is 0 Å². The van der Waals surface area contributed by atoms with Crippen LogP contribution >= 0.6 is 0 Å². The first-order valence-electron chi connectivity index (χ1n) is 9.88. The van der Waals surface area contributed by atoms with Gasteiger partial charge in [-0.2, -0.15) is 0 Å². The Labute approximate surface area is 162 Å². The van der Waals surface area contributed by atoms with Crippen LogP contribution < -0.4 is 5.32 Å². The van der Waals surface area contributed by atoms with E-state index in [1.165, 1.54) is 31.3 Å². The number of anilines is 1. The maximum atomic E-state index is 12.9. The first-order valence-corrected chi connectivity index (χ1v) is 11.7. The van der Waals surface area contributed by atoms with Crippen molar-refractivity contribution in [2.45, 2.75) is 51.5 Å². The molecule has 0 spiro atoms. The number of pyridine rings is 1. The fourth-order valence-electron chi connectivity index (χ4n) is 3.89. The van der Waals surface area contributed by atoms with Gasteiger partial charge in [-0.05, 0) is 57.6 Å².